The first kappa shape index (κ1) is 68.3. The third-order valence-electron chi connectivity index (χ3n) is 12.8. The highest BCUT2D eigenvalue weighted by Crippen LogP contribution is 2.15. The van der Waals surface area contributed by atoms with Gasteiger partial charge in [0.2, 0.25) is 0 Å². The van der Waals surface area contributed by atoms with E-state index in [1.807, 2.05) is 0 Å². The van der Waals surface area contributed by atoms with Gasteiger partial charge in [-0.2, -0.15) is 0 Å². The average Bonchev–Trinajstić information content (AvgIpc) is 3.38. The molecule has 0 saturated heterocycles. The molecule has 0 aromatic carbocycles. The Hall–Kier alpha value is -3.67. The van der Waals surface area contributed by atoms with Gasteiger partial charge in [0.05, 0.1) is 0 Å². The normalized spacial score (nSPS) is 12.8. The van der Waals surface area contributed by atoms with E-state index in [-0.39, 0.29) is 31.1 Å². The topological polar surface area (TPSA) is 78.9 Å². The molecule has 0 aromatic heterocycles. The number of unbranched alkanes of at least 4 members (excludes halogenated alkanes) is 27. The van der Waals surface area contributed by atoms with Crippen LogP contribution in [0.25, 0.3) is 0 Å². The fourth-order valence-electron chi connectivity index (χ4n) is 8.30. The second kappa shape index (κ2) is 59.9. The minimum atomic E-state index is -0.778. The maximum absolute atomic E-state index is 12.8. The predicted molar refractivity (Wildman–Crippen MR) is 311 cm³/mol. The first-order valence-electron chi connectivity index (χ1n) is 30.2. The highest BCUT2D eigenvalue weighted by molar-refractivity contribution is 5.71. The van der Waals surface area contributed by atoms with Crippen LogP contribution in [0.1, 0.15) is 284 Å². The van der Waals surface area contributed by atoms with E-state index in [9.17, 15) is 14.4 Å². The molecule has 6 nitrogen and oxygen atoms in total. The fourth-order valence-corrected chi connectivity index (χ4v) is 8.30. The highest BCUT2D eigenvalue weighted by Gasteiger charge is 2.19. The Kier molecular flexibility index (Phi) is 56.8. The van der Waals surface area contributed by atoms with E-state index in [0.717, 1.165) is 103 Å². The molecule has 0 spiro atoms. The van der Waals surface area contributed by atoms with Crippen molar-refractivity contribution in [2.45, 2.75) is 290 Å². The molecule has 0 saturated carbocycles. The summed E-state index contributed by atoms with van der Waals surface area (Å²) in [5.74, 6) is -0.893. The molecule has 0 radical (unpaired) electrons. The van der Waals surface area contributed by atoms with E-state index in [2.05, 4.69) is 118 Å². The third kappa shape index (κ3) is 57.2. The van der Waals surface area contributed by atoms with Gasteiger partial charge in [0.15, 0.2) is 6.10 Å². The van der Waals surface area contributed by atoms with Crippen molar-refractivity contribution in [2.24, 2.45) is 0 Å². The molecule has 0 rings (SSSR count). The standard InChI is InChI=1S/C66H112O6/c1-4-7-10-13-16-18-20-22-24-26-28-29-30-31-32-33-34-35-36-37-39-40-42-44-46-48-50-53-56-59-65(68)71-62-63(61-70-64(67)58-55-52-15-12-9-6-3)72-66(69)60-57-54-51-49-47-45-43-41-38-27-25-23-21-19-17-14-11-8-5-2/h7,10,16-19,22-25,28-29,31-32,34-35,63H,4-6,8-9,11-15,20-21,26-27,30,33,36-62H2,1-3H3/b10-7-,18-16-,19-17-,24-22-,25-23-,29-28-,32-31-,35-34-. The van der Waals surface area contributed by atoms with Crippen molar-refractivity contribution in [1.82, 2.24) is 0 Å². The molecule has 0 aliphatic heterocycles. The number of hydrogen-bond donors (Lipinski definition) is 0. The van der Waals surface area contributed by atoms with Gasteiger partial charge in [0.25, 0.3) is 0 Å². The van der Waals surface area contributed by atoms with E-state index >= 15 is 0 Å². The van der Waals surface area contributed by atoms with Gasteiger partial charge in [0, 0.05) is 19.3 Å². The number of rotatable bonds is 54. The van der Waals surface area contributed by atoms with E-state index in [1.165, 1.54) is 141 Å². The molecule has 72 heavy (non-hydrogen) atoms. The Morgan fingerprint density at radius 3 is 0.875 bits per heavy atom. The van der Waals surface area contributed by atoms with Crippen LogP contribution in [0.5, 0.6) is 0 Å². The summed E-state index contributed by atoms with van der Waals surface area (Å²) >= 11 is 0. The van der Waals surface area contributed by atoms with Crippen LogP contribution >= 0.6 is 0 Å². The summed E-state index contributed by atoms with van der Waals surface area (Å²) in [5, 5.41) is 0. The first-order chi connectivity index (χ1) is 35.5. The van der Waals surface area contributed by atoms with Crippen molar-refractivity contribution in [1.29, 1.82) is 0 Å². The quantitative estimate of drug-likeness (QED) is 0.0261. The number of hydrogen-bond acceptors (Lipinski definition) is 6. The van der Waals surface area contributed by atoms with Gasteiger partial charge in [-0.1, -0.05) is 259 Å². The molecule has 0 aliphatic carbocycles. The van der Waals surface area contributed by atoms with Crippen molar-refractivity contribution in [2.75, 3.05) is 13.2 Å². The molecule has 0 bridgehead atoms. The zero-order valence-electron chi connectivity index (χ0n) is 47.2. The van der Waals surface area contributed by atoms with Gasteiger partial charge in [-0.25, -0.2) is 0 Å². The lowest BCUT2D eigenvalue weighted by Gasteiger charge is -2.18. The Bertz CT molecular complexity index is 1430. The molecule has 0 N–H and O–H groups in total. The van der Waals surface area contributed by atoms with Crippen molar-refractivity contribution in [3.8, 4) is 0 Å². The summed E-state index contributed by atoms with van der Waals surface area (Å²) in [7, 11) is 0. The van der Waals surface area contributed by atoms with Crippen molar-refractivity contribution in [3.63, 3.8) is 0 Å². The van der Waals surface area contributed by atoms with Gasteiger partial charge in [-0.3, -0.25) is 14.4 Å². The van der Waals surface area contributed by atoms with E-state index in [0.29, 0.717) is 19.3 Å². The van der Waals surface area contributed by atoms with Crippen LogP contribution in [0.2, 0.25) is 0 Å². The van der Waals surface area contributed by atoms with E-state index in [4.69, 9.17) is 14.2 Å². The SMILES string of the molecule is CC/C=C\C/C=C\C/C=C\C/C=C\C/C=C\C/C=C\CCCCCCCCCCCCC(=O)OCC(COC(=O)CCCCCCCC)OC(=O)CCCCCCCCCCC/C=C\C/C=C\CCCCC. The van der Waals surface area contributed by atoms with Crippen LogP contribution in [0.3, 0.4) is 0 Å². The fraction of sp³-hybridized carbons (Fsp3) is 0.712. The molecule has 412 valence electrons. The van der Waals surface area contributed by atoms with Gasteiger partial charge in [0.1, 0.15) is 13.2 Å². The van der Waals surface area contributed by atoms with Crippen LogP contribution in [-0.2, 0) is 28.6 Å². The molecular formula is C66H112O6. The number of carbonyl (C=O) groups excluding carboxylic acids is 3. The van der Waals surface area contributed by atoms with Gasteiger partial charge < -0.3 is 14.2 Å². The van der Waals surface area contributed by atoms with Gasteiger partial charge >= 0.3 is 17.9 Å². The first-order valence-corrected chi connectivity index (χ1v) is 30.2. The van der Waals surface area contributed by atoms with Crippen LogP contribution in [0.15, 0.2) is 97.2 Å². The summed E-state index contributed by atoms with van der Waals surface area (Å²) in [5.41, 5.74) is 0. The number of ether oxygens (including phenoxy) is 3. The van der Waals surface area contributed by atoms with Crippen LogP contribution in [0.4, 0.5) is 0 Å². The number of allylic oxidation sites excluding steroid dienone is 16. The molecule has 0 amide bonds. The van der Waals surface area contributed by atoms with Crippen molar-refractivity contribution >= 4 is 17.9 Å². The summed E-state index contributed by atoms with van der Waals surface area (Å²) in [4.78, 5) is 37.9. The van der Waals surface area contributed by atoms with E-state index < -0.39 is 6.10 Å². The second-order valence-electron chi connectivity index (χ2n) is 19.9. The van der Waals surface area contributed by atoms with Crippen molar-refractivity contribution < 1.29 is 28.6 Å². The van der Waals surface area contributed by atoms with Crippen LogP contribution in [-0.4, -0.2) is 37.2 Å². The molecule has 0 fully saturated rings. The lowest BCUT2D eigenvalue weighted by molar-refractivity contribution is -0.167. The zero-order chi connectivity index (χ0) is 52.2. The molecule has 0 heterocycles. The van der Waals surface area contributed by atoms with Crippen LogP contribution < -0.4 is 0 Å². The van der Waals surface area contributed by atoms with Crippen LogP contribution in [0, 0.1) is 0 Å². The minimum absolute atomic E-state index is 0.0794. The zero-order valence-corrected chi connectivity index (χ0v) is 47.2. The van der Waals surface area contributed by atoms with Gasteiger partial charge in [-0.05, 0) is 103 Å². The highest BCUT2D eigenvalue weighted by atomic mass is 16.6. The van der Waals surface area contributed by atoms with Crippen molar-refractivity contribution in [3.05, 3.63) is 97.2 Å². The average molecular weight is 1000 g/mol. The van der Waals surface area contributed by atoms with E-state index in [1.54, 1.807) is 0 Å². The summed E-state index contributed by atoms with van der Waals surface area (Å²) in [6.07, 6.45) is 80.1. The summed E-state index contributed by atoms with van der Waals surface area (Å²) in [6.45, 7) is 6.45. The lowest BCUT2D eigenvalue weighted by atomic mass is 10.1. The molecule has 1 atom stereocenters. The lowest BCUT2D eigenvalue weighted by Crippen LogP contribution is -2.30. The maximum Gasteiger partial charge on any atom is 0.306 e. The molecule has 0 aliphatic rings. The minimum Gasteiger partial charge on any atom is -0.462 e. The Balaban J connectivity index is 4.12. The summed E-state index contributed by atoms with van der Waals surface area (Å²) < 4.78 is 16.8. The van der Waals surface area contributed by atoms with Gasteiger partial charge in [-0.15, -0.1) is 0 Å². The monoisotopic (exact) mass is 1000 g/mol. The molecular weight excluding hydrogens is 889 g/mol. The third-order valence-corrected chi connectivity index (χ3v) is 12.8. The summed E-state index contributed by atoms with van der Waals surface area (Å²) in [6, 6.07) is 0. The Morgan fingerprint density at radius 1 is 0.292 bits per heavy atom. The number of carbonyl (C=O) groups is 3. The Labute approximate surface area is 445 Å². The second-order valence-corrected chi connectivity index (χ2v) is 19.9. The smallest absolute Gasteiger partial charge is 0.306 e. The molecule has 6 heteroatoms. The molecule has 0 aromatic rings. The molecule has 1 unspecified atom stereocenters. The largest absolute Gasteiger partial charge is 0.462 e. The predicted octanol–water partition coefficient (Wildman–Crippen LogP) is 20.5. The number of esters is 3. The Morgan fingerprint density at radius 2 is 0.542 bits per heavy atom. The maximum atomic E-state index is 12.8.